The zero-order chi connectivity index (χ0) is 16.9. The molecule has 2 atom stereocenters. The van der Waals surface area contributed by atoms with Crippen LogP contribution in [0.2, 0.25) is 5.02 Å². The van der Waals surface area contributed by atoms with Gasteiger partial charge in [-0.25, -0.2) is 4.39 Å². The molecule has 0 aromatic heterocycles. The van der Waals surface area contributed by atoms with E-state index in [0.29, 0.717) is 18.9 Å². The van der Waals surface area contributed by atoms with Gasteiger partial charge in [-0.3, -0.25) is 0 Å². The molecule has 1 aliphatic rings. The van der Waals surface area contributed by atoms with Crippen LogP contribution in [-0.2, 0) is 4.74 Å². The summed E-state index contributed by atoms with van der Waals surface area (Å²) >= 11 is 6.11. The lowest BCUT2D eigenvalue weighted by atomic mass is 10.0. The van der Waals surface area contributed by atoms with Crippen molar-refractivity contribution in [1.29, 1.82) is 0 Å². The fourth-order valence-electron chi connectivity index (χ4n) is 2.66. The molecule has 4 nitrogen and oxygen atoms in total. The zero-order valence-electron chi connectivity index (χ0n) is 13.3. The number of methoxy groups -OCH3 is 1. The fourth-order valence-corrected chi connectivity index (χ4v) is 2.88. The van der Waals surface area contributed by atoms with Gasteiger partial charge in [-0.1, -0.05) is 23.7 Å². The molecule has 6 heteroatoms. The number of ether oxygens (including phenoxy) is 3. The third-order valence-electron chi connectivity index (χ3n) is 3.86. The predicted molar refractivity (Wildman–Crippen MR) is 90.4 cm³/mol. The van der Waals surface area contributed by atoms with E-state index in [2.05, 4.69) is 5.32 Å². The molecule has 128 valence electrons. The van der Waals surface area contributed by atoms with Crippen molar-refractivity contribution in [2.45, 2.75) is 12.2 Å². The molecular formula is C18H19ClFNO3. The van der Waals surface area contributed by atoms with Gasteiger partial charge in [0, 0.05) is 13.1 Å². The topological polar surface area (TPSA) is 39.7 Å². The van der Waals surface area contributed by atoms with Crippen molar-refractivity contribution in [1.82, 2.24) is 5.32 Å². The van der Waals surface area contributed by atoms with Crippen molar-refractivity contribution in [2.75, 3.05) is 26.8 Å². The van der Waals surface area contributed by atoms with Crippen LogP contribution < -0.4 is 14.8 Å². The average molecular weight is 352 g/mol. The normalized spacial score (nSPS) is 18.9. The Hall–Kier alpha value is -1.82. The Morgan fingerprint density at radius 2 is 2.17 bits per heavy atom. The molecule has 24 heavy (non-hydrogen) atoms. The SMILES string of the molecule is COc1cccc(C(Oc2ccc(F)cc2Cl)[C@@H]2CNCCO2)c1. The van der Waals surface area contributed by atoms with Crippen molar-refractivity contribution in [2.24, 2.45) is 0 Å². The number of morpholine rings is 1. The van der Waals surface area contributed by atoms with Crippen molar-refractivity contribution < 1.29 is 18.6 Å². The van der Waals surface area contributed by atoms with E-state index in [-0.39, 0.29) is 11.1 Å². The Labute approximate surface area is 145 Å². The van der Waals surface area contributed by atoms with E-state index in [4.69, 9.17) is 25.8 Å². The van der Waals surface area contributed by atoms with Gasteiger partial charge in [0.2, 0.25) is 0 Å². The Morgan fingerprint density at radius 1 is 1.29 bits per heavy atom. The van der Waals surface area contributed by atoms with Crippen molar-refractivity contribution >= 4 is 11.6 Å². The van der Waals surface area contributed by atoms with Crippen LogP contribution in [0, 0.1) is 5.82 Å². The summed E-state index contributed by atoms with van der Waals surface area (Å²) < 4.78 is 30.5. The Kier molecular flexibility index (Phi) is 5.56. The monoisotopic (exact) mass is 351 g/mol. The highest BCUT2D eigenvalue weighted by molar-refractivity contribution is 6.32. The van der Waals surface area contributed by atoms with Gasteiger partial charge in [-0.05, 0) is 35.9 Å². The zero-order valence-corrected chi connectivity index (χ0v) is 14.1. The Bertz CT molecular complexity index is 692. The van der Waals surface area contributed by atoms with E-state index in [9.17, 15) is 4.39 Å². The lowest BCUT2D eigenvalue weighted by Crippen LogP contribution is -2.43. The number of nitrogens with one attached hydrogen (secondary N) is 1. The molecule has 2 aromatic rings. The lowest BCUT2D eigenvalue weighted by molar-refractivity contribution is -0.0432. The van der Waals surface area contributed by atoms with Gasteiger partial charge in [0.25, 0.3) is 0 Å². The lowest BCUT2D eigenvalue weighted by Gasteiger charge is -2.32. The summed E-state index contributed by atoms with van der Waals surface area (Å²) in [6.45, 7) is 2.06. The highest BCUT2D eigenvalue weighted by Crippen LogP contribution is 2.33. The molecule has 0 spiro atoms. The van der Waals surface area contributed by atoms with Crippen LogP contribution in [0.1, 0.15) is 11.7 Å². The van der Waals surface area contributed by atoms with E-state index in [1.807, 2.05) is 24.3 Å². The van der Waals surface area contributed by atoms with Crippen molar-refractivity contribution in [3.05, 3.63) is 58.9 Å². The molecule has 1 heterocycles. The maximum absolute atomic E-state index is 13.3. The molecule has 1 aliphatic heterocycles. The second-order valence-electron chi connectivity index (χ2n) is 5.50. The number of rotatable bonds is 5. The van der Waals surface area contributed by atoms with Crippen LogP contribution in [0.5, 0.6) is 11.5 Å². The van der Waals surface area contributed by atoms with Gasteiger partial charge >= 0.3 is 0 Å². The summed E-state index contributed by atoms with van der Waals surface area (Å²) in [7, 11) is 1.62. The van der Waals surface area contributed by atoms with Gasteiger partial charge < -0.3 is 19.5 Å². The smallest absolute Gasteiger partial charge is 0.151 e. The molecule has 0 saturated carbocycles. The predicted octanol–water partition coefficient (Wildman–Crippen LogP) is 3.60. The maximum atomic E-state index is 13.3. The molecular weight excluding hydrogens is 333 g/mol. The third-order valence-corrected chi connectivity index (χ3v) is 4.16. The first kappa shape index (κ1) is 17.0. The van der Waals surface area contributed by atoms with Gasteiger partial charge in [0.15, 0.2) is 6.10 Å². The number of halogens is 2. The molecule has 1 unspecified atom stereocenters. The van der Waals surface area contributed by atoms with Gasteiger partial charge in [-0.2, -0.15) is 0 Å². The van der Waals surface area contributed by atoms with E-state index in [0.717, 1.165) is 17.9 Å². The molecule has 0 aliphatic carbocycles. The van der Waals surface area contributed by atoms with E-state index in [1.165, 1.54) is 18.2 Å². The Balaban J connectivity index is 1.91. The molecule has 0 amide bonds. The first-order valence-electron chi connectivity index (χ1n) is 7.75. The molecule has 1 saturated heterocycles. The first-order valence-corrected chi connectivity index (χ1v) is 8.13. The number of benzene rings is 2. The summed E-state index contributed by atoms with van der Waals surface area (Å²) in [5.74, 6) is 0.746. The van der Waals surface area contributed by atoms with Crippen LogP contribution in [0.4, 0.5) is 4.39 Å². The second-order valence-corrected chi connectivity index (χ2v) is 5.91. The van der Waals surface area contributed by atoms with E-state index >= 15 is 0 Å². The summed E-state index contributed by atoms with van der Waals surface area (Å²) in [6, 6.07) is 11.7. The molecule has 1 N–H and O–H groups in total. The van der Waals surface area contributed by atoms with Crippen molar-refractivity contribution in [3.63, 3.8) is 0 Å². The fraction of sp³-hybridized carbons (Fsp3) is 0.333. The average Bonchev–Trinajstić information content (AvgIpc) is 2.62. The molecule has 2 aromatic carbocycles. The van der Waals surface area contributed by atoms with Gasteiger partial charge in [0.1, 0.15) is 23.4 Å². The van der Waals surface area contributed by atoms with Crippen LogP contribution in [0.3, 0.4) is 0 Å². The number of hydrogen-bond donors (Lipinski definition) is 1. The minimum absolute atomic E-state index is 0.188. The summed E-state index contributed by atoms with van der Waals surface area (Å²) in [5, 5.41) is 3.52. The van der Waals surface area contributed by atoms with Crippen LogP contribution in [0.15, 0.2) is 42.5 Å². The van der Waals surface area contributed by atoms with Gasteiger partial charge in [-0.15, -0.1) is 0 Å². The van der Waals surface area contributed by atoms with E-state index in [1.54, 1.807) is 7.11 Å². The number of hydrogen-bond acceptors (Lipinski definition) is 4. The van der Waals surface area contributed by atoms with E-state index < -0.39 is 11.9 Å². The highest BCUT2D eigenvalue weighted by Gasteiger charge is 2.29. The van der Waals surface area contributed by atoms with Gasteiger partial charge in [0.05, 0.1) is 18.7 Å². The largest absolute Gasteiger partial charge is 0.497 e. The minimum Gasteiger partial charge on any atom is -0.497 e. The molecule has 3 rings (SSSR count). The quantitative estimate of drug-likeness (QED) is 0.893. The summed E-state index contributed by atoms with van der Waals surface area (Å²) in [6.07, 6.45) is -0.581. The molecule has 0 bridgehead atoms. The summed E-state index contributed by atoms with van der Waals surface area (Å²) in [4.78, 5) is 0. The second kappa shape index (κ2) is 7.83. The summed E-state index contributed by atoms with van der Waals surface area (Å²) in [5.41, 5.74) is 0.906. The maximum Gasteiger partial charge on any atom is 0.151 e. The third kappa shape index (κ3) is 3.98. The Morgan fingerprint density at radius 3 is 2.88 bits per heavy atom. The van der Waals surface area contributed by atoms with Crippen LogP contribution in [0.25, 0.3) is 0 Å². The van der Waals surface area contributed by atoms with Crippen molar-refractivity contribution in [3.8, 4) is 11.5 Å². The van der Waals surface area contributed by atoms with Crippen LogP contribution >= 0.6 is 11.6 Å². The molecule has 1 fully saturated rings. The standard InChI is InChI=1S/C18H19ClFNO3/c1-22-14-4-2-3-12(9-14)18(17-11-21-7-8-23-17)24-16-6-5-13(20)10-15(16)19/h2-6,9-10,17-18,21H,7-8,11H2,1H3/t17-,18?/m0/s1. The molecule has 0 radical (unpaired) electrons. The first-order chi connectivity index (χ1) is 11.7. The minimum atomic E-state index is -0.402. The van der Waals surface area contributed by atoms with Crippen LogP contribution in [-0.4, -0.2) is 32.9 Å². The highest BCUT2D eigenvalue weighted by atomic mass is 35.5.